The number of carboxylic acids is 1. The summed E-state index contributed by atoms with van der Waals surface area (Å²) >= 11 is 0. The van der Waals surface area contributed by atoms with Gasteiger partial charge in [0, 0.05) is 30.6 Å². The second kappa shape index (κ2) is 8.12. The fourth-order valence-corrected chi connectivity index (χ4v) is 2.92. The van der Waals surface area contributed by atoms with E-state index in [4.69, 9.17) is 0 Å². The molecule has 0 fully saturated rings. The first-order valence-electron chi connectivity index (χ1n) is 9.20. The Hall–Kier alpha value is -3.02. The highest BCUT2D eigenvalue weighted by Gasteiger charge is 2.14. The van der Waals surface area contributed by atoms with Crippen LogP contribution in [0.2, 0.25) is 0 Å². The Morgan fingerprint density at radius 3 is 2.59 bits per heavy atom. The third-order valence-corrected chi connectivity index (χ3v) is 4.34. The van der Waals surface area contributed by atoms with Crippen molar-refractivity contribution in [3.63, 3.8) is 0 Å². The molecule has 140 valence electrons. The summed E-state index contributed by atoms with van der Waals surface area (Å²) in [5, 5.41) is 14.0. The Morgan fingerprint density at radius 1 is 1.19 bits per heavy atom. The molecule has 0 saturated heterocycles. The van der Waals surface area contributed by atoms with Crippen molar-refractivity contribution in [3.8, 4) is 11.3 Å². The monoisotopic (exact) mass is 364 g/mol. The van der Waals surface area contributed by atoms with E-state index in [1.807, 2.05) is 22.9 Å². The van der Waals surface area contributed by atoms with Crippen molar-refractivity contribution in [1.82, 2.24) is 19.7 Å². The Bertz CT molecular complexity index is 930. The SMILES string of the molecule is CCCn1nc(C(C)C)nc1Cc1ccc(-c2ccccc2C(=O)O)nc1. The average molecular weight is 364 g/mol. The number of hydrogen-bond donors (Lipinski definition) is 1. The van der Waals surface area contributed by atoms with Gasteiger partial charge in [0.2, 0.25) is 0 Å². The normalized spacial score (nSPS) is 11.1. The van der Waals surface area contributed by atoms with E-state index in [0.717, 1.165) is 30.2 Å². The molecule has 0 spiro atoms. The summed E-state index contributed by atoms with van der Waals surface area (Å²) in [6.45, 7) is 7.14. The predicted octanol–water partition coefficient (Wildman–Crippen LogP) is 4.16. The van der Waals surface area contributed by atoms with Gasteiger partial charge in [0.25, 0.3) is 0 Å². The van der Waals surface area contributed by atoms with Crippen molar-refractivity contribution in [2.75, 3.05) is 0 Å². The maximum atomic E-state index is 11.4. The summed E-state index contributed by atoms with van der Waals surface area (Å²) in [5.41, 5.74) is 2.54. The lowest BCUT2D eigenvalue weighted by atomic mass is 10.0. The van der Waals surface area contributed by atoms with Gasteiger partial charge < -0.3 is 5.11 Å². The molecule has 0 aliphatic carbocycles. The smallest absolute Gasteiger partial charge is 0.336 e. The molecule has 6 nitrogen and oxygen atoms in total. The molecule has 0 atom stereocenters. The zero-order valence-electron chi connectivity index (χ0n) is 15.9. The lowest BCUT2D eigenvalue weighted by molar-refractivity contribution is 0.0697. The first kappa shape index (κ1) is 18.8. The van der Waals surface area contributed by atoms with Crippen LogP contribution < -0.4 is 0 Å². The predicted molar refractivity (Wildman–Crippen MR) is 104 cm³/mol. The summed E-state index contributed by atoms with van der Waals surface area (Å²) in [5.74, 6) is 1.12. The van der Waals surface area contributed by atoms with Crippen LogP contribution in [0.1, 0.15) is 60.7 Å². The van der Waals surface area contributed by atoms with Crippen LogP contribution in [0.25, 0.3) is 11.3 Å². The number of carboxylic acid groups (broad SMARTS) is 1. The highest BCUT2D eigenvalue weighted by Crippen LogP contribution is 2.22. The van der Waals surface area contributed by atoms with Crippen LogP contribution in [0.5, 0.6) is 0 Å². The van der Waals surface area contributed by atoms with Gasteiger partial charge in [-0.25, -0.2) is 14.5 Å². The molecule has 0 unspecified atom stereocenters. The topological polar surface area (TPSA) is 80.9 Å². The largest absolute Gasteiger partial charge is 0.478 e. The molecule has 0 bridgehead atoms. The molecule has 6 heteroatoms. The second-order valence-electron chi connectivity index (χ2n) is 6.84. The molecule has 2 aromatic heterocycles. The van der Waals surface area contributed by atoms with E-state index in [1.165, 1.54) is 0 Å². The molecule has 1 N–H and O–H groups in total. The number of hydrogen-bond acceptors (Lipinski definition) is 4. The van der Waals surface area contributed by atoms with E-state index in [9.17, 15) is 9.90 Å². The van der Waals surface area contributed by atoms with Gasteiger partial charge in [-0.05, 0) is 24.1 Å². The van der Waals surface area contributed by atoms with Crippen molar-refractivity contribution in [1.29, 1.82) is 0 Å². The van der Waals surface area contributed by atoms with E-state index >= 15 is 0 Å². The minimum atomic E-state index is -0.953. The van der Waals surface area contributed by atoms with Crippen LogP contribution in [0, 0.1) is 0 Å². The molecule has 0 aliphatic heterocycles. The number of rotatable bonds is 7. The van der Waals surface area contributed by atoms with E-state index in [0.29, 0.717) is 17.7 Å². The molecule has 2 heterocycles. The van der Waals surface area contributed by atoms with Gasteiger partial charge >= 0.3 is 5.97 Å². The third-order valence-electron chi connectivity index (χ3n) is 4.34. The first-order valence-corrected chi connectivity index (χ1v) is 9.20. The number of aromatic nitrogens is 4. The van der Waals surface area contributed by atoms with Gasteiger partial charge in [-0.15, -0.1) is 0 Å². The number of pyridine rings is 1. The summed E-state index contributed by atoms with van der Waals surface area (Å²) in [6.07, 6.45) is 3.43. The zero-order chi connectivity index (χ0) is 19.4. The molecule has 0 radical (unpaired) electrons. The first-order chi connectivity index (χ1) is 13.0. The summed E-state index contributed by atoms with van der Waals surface area (Å²) in [7, 11) is 0. The van der Waals surface area contributed by atoms with E-state index in [2.05, 4.69) is 35.8 Å². The number of nitrogens with zero attached hydrogens (tertiary/aromatic N) is 4. The molecule has 27 heavy (non-hydrogen) atoms. The standard InChI is InChI=1S/C21H24N4O2/c1-4-11-25-19(23-20(24-25)14(2)3)12-15-9-10-18(22-13-15)16-7-5-6-8-17(16)21(26)27/h5-10,13-14H,4,11-12H2,1-3H3,(H,26,27). The molecule has 0 aliphatic rings. The third kappa shape index (κ3) is 4.22. The molecule has 0 saturated carbocycles. The Balaban J connectivity index is 1.86. The maximum Gasteiger partial charge on any atom is 0.336 e. The van der Waals surface area contributed by atoms with Gasteiger partial charge in [0.15, 0.2) is 5.82 Å². The minimum Gasteiger partial charge on any atom is -0.478 e. The van der Waals surface area contributed by atoms with Crippen molar-refractivity contribution in [3.05, 3.63) is 65.4 Å². The summed E-state index contributed by atoms with van der Waals surface area (Å²) in [4.78, 5) is 20.6. The zero-order valence-corrected chi connectivity index (χ0v) is 15.9. The van der Waals surface area contributed by atoms with Crippen LogP contribution in [-0.2, 0) is 13.0 Å². The van der Waals surface area contributed by atoms with E-state index in [1.54, 1.807) is 24.4 Å². The van der Waals surface area contributed by atoms with Crippen molar-refractivity contribution in [2.45, 2.75) is 46.1 Å². The number of aromatic carboxylic acids is 1. The van der Waals surface area contributed by atoms with E-state index < -0.39 is 5.97 Å². The molecule has 3 rings (SSSR count). The molecule has 0 amide bonds. The van der Waals surface area contributed by atoms with Crippen molar-refractivity contribution >= 4 is 5.97 Å². The molecular weight excluding hydrogens is 340 g/mol. The highest BCUT2D eigenvalue weighted by molar-refractivity contribution is 5.95. The Kier molecular flexibility index (Phi) is 5.64. The van der Waals surface area contributed by atoms with Gasteiger partial charge in [-0.1, -0.05) is 45.0 Å². The van der Waals surface area contributed by atoms with Crippen molar-refractivity contribution in [2.24, 2.45) is 0 Å². The van der Waals surface area contributed by atoms with Gasteiger partial charge in [-0.3, -0.25) is 4.98 Å². The Labute approximate surface area is 158 Å². The number of aryl methyl sites for hydroxylation is 1. The van der Waals surface area contributed by atoms with E-state index in [-0.39, 0.29) is 11.5 Å². The second-order valence-corrected chi connectivity index (χ2v) is 6.84. The molecule has 1 aromatic carbocycles. The molecule has 3 aromatic rings. The van der Waals surface area contributed by atoms with Crippen LogP contribution in [-0.4, -0.2) is 30.8 Å². The highest BCUT2D eigenvalue weighted by atomic mass is 16.4. The minimum absolute atomic E-state index is 0.252. The van der Waals surface area contributed by atoms with Crippen LogP contribution >= 0.6 is 0 Å². The average Bonchev–Trinajstić information content (AvgIpc) is 3.05. The maximum absolute atomic E-state index is 11.4. The fourth-order valence-electron chi connectivity index (χ4n) is 2.92. The van der Waals surface area contributed by atoms with Crippen molar-refractivity contribution < 1.29 is 9.90 Å². The van der Waals surface area contributed by atoms with Gasteiger partial charge in [0.1, 0.15) is 5.82 Å². The quantitative estimate of drug-likeness (QED) is 0.681. The van der Waals surface area contributed by atoms with Crippen LogP contribution in [0.3, 0.4) is 0 Å². The number of benzene rings is 1. The van der Waals surface area contributed by atoms with Gasteiger partial charge in [-0.2, -0.15) is 5.10 Å². The fraction of sp³-hybridized carbons (Fsp3) is 0.333. The lowest BCUT2D eigenvalue weighted by Crippen LogP contribution is -2.06. The lowest BCUT2D eigenvalue weighted by Gasteiger charge is -2.07. The summed E-state index contributed by atoms with van der Waals surface area (Å²) in [6, 6.07) is 10.7. The van der Waals surface area contributed by atoms with Crippen LogP contribution in [0.4, 0.5) is 0 Å². The van der Waals surface area contributed by atoms with Gasteiger partial charge in [0.05, 0.1) is 11.3 Å². The van der Waals surface area contributed by atoms with Crippen LogP contribution in [0.15, 0.2) is 42.6 Å². The molecular formula is C21H24N4O2. The number of carbonyl (C=O) groups is 1. The summed E-state index contributed by atoms with van der Waals surface area (Å²) < 4.78 is 1.98. The Morgan fingerprint density at radius 2 is 1.96 bits per heavy atom.